The van der Waals surface area contributed by atoms with Gasteiger partial charge >= 0.3 is 0 Å². The Balaban J connectivity index is 1.49. The Hall–Kier alpha value is -3.81. The molecule has 0 spiro atoms. The number of halogens is 1. The number of carbonyl (C=O) groups excluding carboxylic acids is 2. The molecule has 31 heavy (non-hydrogen) atoms. The number of anilines is 1. The van der Waals surface area contributed by atoms with Crippen LogP contribution in [-0.2, 0) is 17.9 Å². The van der Waals surface area contributed by atoms with Crippen LogP contribution in [0, 0.1) is 5.82 Å². The van der Waals surface area contributed by atoms with Crippen LogP contribution in [-0.4, -0.2) is 32.3 Å². The van der Waals surface area contributed by atoms with Crippen molar-refractivity contribution in [2.24, 2.45) is 0 Å². The fourth-order valence-corrected chi connectivity index (χ4v) is 3.28. The summed E-state index contributed by atoms with van der Waals surface area (Å²) < 4.78 is 14.3. The number of carbonyl (C=O) groups is 2. The van der Waals surface area contributed by atoms with Gasteiger partial charge in [0, 0.05) is 24.1 Å². The number of aromatic nitrogens is 2. The number of amides is 2. The summed E-state index contributed by atoms with van der Waals surface area (Å²) in [6.07, 6.45) is 5.01. The first-order valence-electron chi connectivity index (χ1n) is 9.97. The number of pyridine rings is 2. The molecule has 0 bridgehead atoms. The van der Waals surface area contributed by atoms with Gasteiger partial charge < -0.3 is 14.8 Å². The second-order valence-electron chi connectivity index (χ2n) is 7.39. The van der Waals surface area contributed by atoms with E-state index < -0.39 is 17.3 Å². The quantitative estimate of drug-likeness (QED) is 0.637. The second kappa shape index (κ2) is 8.91. The number of rotatable bonds is 7. The molecule has 3 aromatic rings. The zero-order chi connectivity index (χ0) is 21.8. The molecule has 158 valence electrons. The molecule has 1 aliphatic carbocycles. The minimum atomic E-state index is -0.619. The van der Waals surface area contributed by atoms with E-state index in [4.69, 9.17) is 0 Å². The molecule has 0 unspecified atom stereocenters. The van der Waals surface area contributed by atoms with E-state index in [0.717, 1.165) is 18.5 Å². The first-order chi connectivity index (χ1) is 15.0. The summed E-state index contributed by atoms with van der Waals surface area (Å²) in [5, 5.41) is 2.57. The molecule has 4 rings (SSSR count). The van der Waals surface area contributed by atoms with E-state index in [2.05, 4.69) is 10.3 Å². The van der Waals surface area contributed by atoms with Crippen molar-refractivity contribution in [2.75, 3.05) is 5.32 Å². The SMILES string of the molecule is O=C(Nc1ccc(F)cc1)c1cccn(CC(=O)N(Cc2ccccn2)C2CC2)c1=O. The molecule has 0 radical (unpaired) electrons. The molecule has 0 aliphatic heterocycles. The summed E-state index contributed by atoms with van der Waals surface area (Å²) in [5.74, 6) is -1.25. The molecule has 1 aliphatic rings. The molecule has 0 saturated heterocycles. The molecular weight excluding hydrogens is 399 g/mol. The Kier molecular flexibility index (Phi) is 5.88. The Morgan fingerprint density at radius 3 is 2.55 bits per heavy atom. The Morgan fingerprint density at radius 1 is 1.10 bits per heavy atom. The van der Waals surface area contributed by atoms with Gasteiger partial charge in [0.05, 0.1) is 12.2 Å². The average molecular weight is 420 g/mol. The van der Waals surface area contributed by atoms with Crippen LogP contribution in [0.1, 0.15) is 28.9 Å². The van der Waals surface area contributed by atoms with Gasteiger partial charge in [0.2, 0.25) is 5.91 Å². The van der Waals surface area contributed by atoms with Gasteiger partial charge in [-0.2, -0.15) is 0 Å². The van der Waals surface area contributed by atoms with Gasteiger partial charge in [0.25, 0.3) is 11.5 Å². The van der Waals surface area contributed by atoms with Crippen molar-refractivity contribution in [3.8, 4) is 0 Å². The van der Waals surface area contributed by atoms with E-state index in [1.54, 1.807) is 17.2 Å². The van der Waals surface area contributed by atoms with Crippen molar-refractivity contribution in [1.29, 1.82) is 0 Å². The fraction of sp³-hybridized carbons (Fsp3) is 0.217. The fourth-order valence-electron chi connectivity index (χ4n) is 3.28. The third-order valence-corrected chi connectivity index (χ3v) is 5.04. The van der Waals surface area contributed by atoms with Crippen LogP contribution >= 0.6 is 0 Å². The van der Waals surface area contributed by atoms with Crippen LogP contribution in [0.15, 0.2) is 71.8 Å². The van der Waals surface area contributed by atoms with Crippen LogP contribution in [0.4, 0.5) is 10.1 Å². The predicted octanol–water partition coefficient (Wildman–Crippen LogP) is 2.83. The highest BCUT2D eigenvalue weighted by Crippen LogP contribution is 2.28. The van der Waals surface area contributed by atoms with Gasteiger partial charge in [-0.25, -0.2) is 4.39 Å². The van der Waals surface area contributed by atoms with E-state index in [1.807, 2.05) is 18.2 Å². The van der Waals surface area contributed by atoms with Crippen molar-refractivity contribution in [3.63, 3.8) is 0 Å². The van der Waals surface area contributed by atoms with E-state index >= 15 is 0 Å². The average Bonchev–Trinajstić information content (AvgIpc) is 3.61. The van der Waals surface area contributed by atoms with Gasteiger partial charge in [-0.3, -0.25) is 19.4 Å². The third-order valence-electron chi connectivity index (χ3n) is 5.04. The van der Waals surface area contributed by atoms with E-state index in [0.29, 0.717) is 12.2 Å². The molecule has 1 aromatic carbocycles. The van der Waals surface area contributed by atoms with Crippen molar-refractivity contribution in [1.82, 2.24) is 14.5 Å². The summed E-state index contributed by atoms with van der Waals surface area (Å²) >= 11 is 0. The third kappa shape index (κ3) is 5.03. The largest absolute Gasteiger partial charge is 0.332 e. The van der Waals surface area contributed by atoms with Crippen LogP contribution in [0.2, 0.25) is 0 Å². The molecular formula is C23H21FN4O3. The van der Waals surface area contributed by atoms with Gasteiger partial charge in [-0.15, -0.1) is 0 Å². The van der Waals surface area contributed by atoms with Gasteiger partial charge in [-0.05, 0) is 61.4 Å². The number of nitrogens with one attached hydrogen (secondary N) is 1. The topological polar surface area (TPSA) is 84.3 Å². The Labute approximate surface area is 178 Å². The normalized spacial score (nSPS) is 12.9. The van der Waals surface area contributed by atoms with E-state index in [1.165, 1.54) is 41.1 Å². The standard InChI is InChI=1S/C23H21FN4O3/c24-16-6-8-17(9-7-16)26-22(30)20-5-3-13-27(23(20)31)15-21(29)28(19-10-11-19)14-18-4-1-2-12-25-18/h1-9,12-13,19H,10-11,14-15H2,(H,26,30). The Bertz CT molecular complexity index is 1140. The smallest absolute Gasteiger partial charge is 0.263 e. The highest BCUT2D eigenvalue weighted by Gasteiger charge is 2.33. The first-order valence-corrected chi connectivity index (χ1v) is 9.97. The number of benzene rings is 1. The lowest BCUT2D eigenvalue weighted by Crippen LogP contribution is -2.38. The lowest BCUT2D eigenvalue weighted by atomic mass is 10.2. The van der Waals surface area contributed by atoms with E-state index in [-0.39, 0.29) is 24.1 Å². The van der Waals surface area contributed by atoms with Crippen molar-refractivity contribution in [2.45, 2.75) is 32.0 Å². The van der Waals surface area contributed by atoms with E-state index in [9.17, 15) is 18.8 Å². The highest BCUT2D eigenvalue weighted by atomic mass is 19.1. The highest BCUT2D eigenvalue weighted by molar-refractivity contribution is 6.04. The molecule has 2 amide bonds. The first kappa shape index (κ1) is 20.5. The van der Waals surface area contributed by atoms with Crippen molar-refractivity contribution >= 4 is 17.5 Å². The summed E-state index contributed by atoms with van der Waals surface area (Å²) in [6.45, 7) is 0.212. The molecule has 8 heteroatoms. The Morgan fingerprint density at radius 2 is 1.87 bits per heavy atom. The zero-order valence-corrected chi connectivity index (χ0v) is 16.7. The molecule has 2 heterocycles. The van der Waals surface area contributed by atoms with Crippen molar-refractivity contribution < 1.29 is 14.0 Å². The van der Waals surface area contributed by atoms with Gasteiger partial charge in [0.1, 0.15) is 17.9 Å². The molecule has 0 atom stereocenters. The molecule has 1 fully saturated rings. The maximum atomic E-state index is 13.0. The summed E-state index contributed by atoms with van der Waals surface area (Å²) in [4.78, 5) is 44.3. The number of nitrogens with zero attached hydrogens (tertiary/aromatic N) is 3. The minimum absolute atomic E-state index is 0.0951. The van der Waals surface area contributed by atoms with Crippen LogP contribution in [0.25, 0.3) is 0 Å². The molecule has 1 N–H and O–H groups in total. The summed E-state index contributed by atoms with van der Waals surface area (Å²) in [6, 6.07) is 13.9. The zero-order valence-electron chi connectivity index (χ0n) is 16.7. The molecule has 1 saturated carbocycles. The molecule has 2 aromatic heterocycles. The lowest BCUT2D eigenvalue weighted by Gasteiger charge is -2.22. The van der Waals surface area contributed by atoms with Gasteiger partial charge in [-0.1, -0.05) is 6.07 Å². The van der Waals surface area contributed by atoms with Crippen LogP contribution in [0.3, 0.4) is 0 Å². The number of hydrogen-bond acceptors (Lipinski definition) is 4. The minimum Gasteiger partial charge on any atom is -0.332 e. The predicted molar refractivity (Wildman–Crippen MR) is 113 cm³/mol. The monoisotopic (exact) mass is 420 g/mol. The second-order valence-corrected chi connectivity index (χ2v) is 7.39. The maximum Gasteiger partial charge on any atom is 0.263 e. The summed E-state index contributed by atoms with van der Waals surface area (Å²) in [5.41, 5.74) is 0.487. The van der Waals surface area contributed by atoms with Crippen molar-refractivity contribution in [3.05, 3.63) is 94.4 Å². The maximum absolute atomic E-state index is 13.0. The van der Waals surface area contributed by atoms with Crippen LogP contribution in [0.5, 0.6) is 0 Å². The number of hydrogen-bond donors (Lipinski definition) is 1. The lowest BCUT2D eigenvalue weighted by molar-refractivity contribution is -0.133. The summed E-state index contributed by atoms with van der Waals surface area (Å²) in [7, 11) is 0. The molecule has 7 nitrogen and oxygen atoms in total. The van der Waals surface area contributed by atoms with Crippen LogP contribution < -0.4 is 10.9 Å². The van der Waals surface area contributed by atoms with Gasteiger partial charge in [0.15, 0.2) is 0 Å².